The van der Waals surface area contributed by atoms with Gasteiger partial charge in [-0.15, -0.1) is 0 Å². The Kier molecular flexibility index (Phi) is 5.01. The smallest absolute Gasteiger partial charge is 0.320 e. The molecule has 1 atom stereocenters. The van der Waals surface area contributed by atoms with Crippen LogP contribution in [0.5, 0.6) is 0 Å². The van der Waals surface area contributed by atoms with E-state index in [1.165, 1.54) is 0 Å². The van der Waals surface area contributed by atoms with Crippen molar-refractivity contribution in [2.75, 3.05) is 26.7 Å². The molecule has 1 aliphatic heterocycles. The van der Waals surface area contributed by atoms with Gasteiger partial charge >= 0.3 is 5.97 Å². The molecule has 1 saturated heterocycles. The van der Waals surface area contributed by atoms with Crippen LogP contribution >= 0.6 is 0 Å². The minimum Gasteiger partial charge on any atom is -0.480 e. The molecule has 5 nitrogen and oxygen atoms in total. The first kappa shape index (κ1) is 12.4. The van der Waals surface area contributed by atoms with Gasteiger partial charge in [0.25, 0.3) is 0 Å². The minimum atomic E-state index is -0.767. The van der Waals surface area contributed by atoms with Gasteiger partial charge in [-0.05, 0) is 25.8 Å². The second-order valence-electron chi connectivity index (χ2n) is 3.90. The predicted octanol–water partition coefficient (Wildman–Crippen LogP) is -0.101. The van der Waals surface area contributed by atoms with Crippen LogP contribution in [0.1, 0.15) is 19.3 Å². The highest BCUT2D eigenvalue weighted by Crippen LogP contribution is 2.16. The fourth-order valence-corrected chi connectivity index (χ4v) is 2.04. The lowest BCUT2D eigenvalue weighted by Gasteiger charge is -2.34. The molecule has 0 bridgehead atoms. The van der Waals surface area contributed by atoms with Gasteiger partial charge in [0.1, 0.15) is 6.04 Å². The fraction of sp³-hybridized carbons (Fsp3) is 0.900. The lowest BCUT2D eigenvalue weighted by Crippen LogP contribution is -2.47. The summed E-state index contributed by atoms with van der Waals surface area (Å²) in [5.41, 5.74) is 5.41. The van der Waals surface area contributed by atoms with Gasteiger partial charge in [0.05, 0.1) is 6.10 Å². The summed E-state index contributed by atoms with van der Waals surface area (Å²) in [6.07, 6.45) is 2.62. The Morgan fingerprint density at radius 2 is 2.20 bits per heavy atom. The maximum Gasteiger partial charge on any atom is 0.320 e. The average molecular weight is 216 g/mol. The number of carboxylic acid groups (broad SMARTS) is 1. The highest BCUT2D eigenvalue weighted by Gasteiger charge is 2.28. The summed E-state index contributed by atoms with van der Waals surface area (Å²) in [6, 6.07) is -0.423. The third-order valence-electron chi connectivity index (χ3n) is 2.98. The van der Waals surface area contributed by atoms with Crippen molar-refractivity contribution < 1.29 is 14.6 Å². The Morgan fingerprint density at radius 1 is 1.60 bits per heavy atom. The largest absolute Gasteiger partial charge is 0.480 e. The number of likely N-dealkylation sites (tertiary alicyclic amines) is 1. The molecule has 0 aromatic carbocycles. The lowest BCUT2D eigenvalue weighted by atomic mass is 10.0. The average Bonchev–Trinajstić information content (AvgIpc) is 2.26. The maximum absolute atomic E-state index is 11.0. The van der Waals surface area contributed by atoms with Crippen LogP contribution in [0.3, 0.4) is 0 Å². The molecule has 0 spiro atoms. The van der Waals surface area contributed by atoms with Gasteiger partial charge in [-0.1, -0.05) is 0 Å². The minimum absolute atomic E-state index is 0.286. The number of hydrogen-bond donors (Lipinski definition) is 2. The Balaban J connectivity index is 2.45. The number of hydrogen-bond acceptors (Lipinski definition) is 4. The van der Waals surface area contributed by atoms with Crippen molar-refractivity contribution in [3.05, 3.63) is 0 Å². The van der Waals surface area contributed by atoms with Crippen LogP contribution in [0.2, 0.25) is 0 Å². The monoisotopic (exact) mass is 216 g/mol. The van der Waals surface area contributed by atoms with E-state index in [1.807, 2.05) is 4.90 Å². The zero-order valence-corrected chi connectivity index (χ0v) is 9.19. The fourth-order valence-electron chi connectivity index (χ4n) is 2.04. The van der Waals surface area contributed by atoms with Crippen LogP contribution in [0.15, 0.2) is 0 Å². The molecule has 0 aliphatic carbocycles. The molecule has 3 N–H and O–H groups in total. The van der Waals surface area contributed by atoms with Crippen molar-refractivity contribution >= 4 is 5.97 Å². The SMILES string of the molecule is COC1CCN(C(CCN)C(=O)O)CC1. The molecule has 0 saturated carbocycles. The summed E-state index contributed by atoms with van der Waals surface area (Å²) < 4.78 is 5.24. The molecule has 1 fully saturated rings. The van der Waals surface area contributed by atoms with Gasteiger partial charge in [0.2, 0.25) is 0 Å². The van der Waals surface area contributed by atoms with E-state index in [0.717, 1.165) is 25.9 Å². The Labute approximate surface area is 90.2 Å². The molecule has 0 aromatic heterocycles. The summed E-state index contributed by atoms with van der Waals surface area (Å²) in [4.78, 5) is 13.0. The van der Waals surface area contributed by atoms with Crippen LogP contribution in [-0.4, -0.2) is 54.9 Å². The van der Waals surface area contributed by atoms with E-state index in [4.69, 9.17) is 15.6 Å². The van der Waals surface area contributed by atoms with Crippen molar-refractivity contribution in [2.24, 2.45) is 5.73 Å². The molecular weight excluding hydrogens is 196 g/mol. The molecule has 1 heterocycles. The number of nitrogens with two attached hydrogens (primary N) is 1. The normalized spacial score (nSPS) is 21.5. The van der Waals surface area contributed by atoms with E-state index in [2.05, 4.69) is 0 Å². The molecular formula is C10H20N2O3. The number of ether oxygens (including phenoxy) is 1. The maximum atomic E-state index is 11.0. The topological polar surface area (TPSA) is 75.8 Å². The van der Waals surface area contributed by atoms with Gasteiger partial charge in [-0.3, -0.25) is 9.69 Å². The first-order chi connectivity index (χ1) is 7.19. The Morgan fingerprint density at radius 3 is 2.60 bits per heavy atom. The highest BCUT2D eigenvalue weighted by molar-refractivity contribution is 5.73. The Bertz CT molecular complexity index is 203. The molecule has 1 aliphatic rings. The number of carboxylic acids is 1. The quantitative estimate of drug-likeness (QED) is 0.671. The zero-order valence-electron chi connectivity index (χ0n) is 9.19. The second kappa shape index (κ2) is 6.05. The summed E-state index contributed by atoms with van der Waals surface area (Å²) >= 11 is 0. The van der Waals surface area contributed by atoms with Crippen molar-refractivity contribution in [1.82, 2.24) is 4.90 Å². The van der Waals surface area contributed by atoms with E-state index in [0.29, 0.717) is 13.0 Å². The van der Waals surface area contributed by atoms with E-state index in [1.54, 1.807) is 7.11 Å². The molecule has 88 valence electrons. The summed E-state index contributed by atoms with van der Waals surface area (Å²) in [5.74, 6) is -0.767. The molecule has 5 heteroatoms. The van der Waals surface area contributed by atoms with Crippen LogP contribution in [0, 0.1) is 0 Å². The number of piperidine rings is 1. The first-order valence-corrected chi connectivity index (χ1v) is 5.38. The van der Waals surface area contributed by atoms with Crippen LogP contribution in [0.25, 0.3) is 0 Å². The van der Waals surface area contributed by atoms with Gasteiger partial charge in [-0.25, -0.2) is 0 Å². The third-order valence-corrected chi connectivity index (χ3v) is 2.98. The molecule has 0 aromatic rings. The van der Waals surface area contributed by atoms with Crippen molar-refractivity contribution in [3.8, 4) is 0 Å². The summed E-state index contributed by atoms with van der Waals surface area (Å²) in [5, 5.41) is 9.05. The molecule has 1 unspecified atom stereocenters. The predicted molar refractivity (Wildman–Crippen MR) is 56.7 cm³/mol. The second-order valence-corrected chi connectivity index (χ2v) is 3.90. The zero-order chi connectivity index (χ0) is 11.3. The molecule has 0 radical (unpaired) electrons. The summed E-state index contributed by atoms with van der Waals surface area (Å²) in [7, 11) is 1.70. The number of rotatable bonds is 5. The number of aliphatic carboxylic acids is 1. The first-order valence-electron chi connectivity index (χ1n) is 5.38. The van der Waals surface area contributed by atoms with Crippen molar-refractivity contribution in [2.45, 2.75) is 31.4 Å². The standard InChI is InChI=1S/C10H20N2O3/c1-15-8-3-6-12(7-4-8)9(2-5-11)10(13)14/h8-9H,2-7,11H2,1H3,(H,13,14). The van der Waals surface area contributed by atoms with E-state index in [9.17, 15) is 4.79 Å². The van der Waals surface area contributed by atoms with Gasteiger partial charge in [-0.2, -0.15) is 0 Å². The van der Waals surface area contributed by atoms with Crippen LogP contribution in [0.4, 0.5) is 0 Å². The number of nitrogens with zero attached hydrogens (tertiary/aromatic N) is 1. The summed E-state index contributed by atoms with van der Waals surface area (Å²) in [6.45, 7) is 1.99. The number of methoxy groups -OCH3 is 1. The van der Waals surface area contributed by atoms with E-state index >= 15 is 0 Å². The van der Waals surface area contributed by atoms with Gasteiger partial charge in [0, 0.05) is 20.2 Å². The Hall–Kier alpha value is -0.650. The highest BCUT2D eigenvalue weighted by atomic mass is 16.5. The van der Waals surface area contributed by atoms with E-state index < -0.39 is 12.0 Å². The van der Waals surface area contributed by atoms with Gasteiger partial charge < -0.3 is 15.6 Å². The van der Waals surface area contributed by atoms with E-state index in [-0.39, 0.29) is 6.10 Å². The van der Waals surface area contributed by atoms with Crippen LogP contribution in [-0.2, 0) is 9.53 Å². The lowest BCUT2D eigenvalue weighted by molar-refractivity contribution is -0.144. The molecule has 0 amide bonds. The van der Waals surface area contributed by atoms with Crippen LogP contribution < -0.4 is 5.73 Å². The van der Waals surface area contributed by atoms with Crippen molar-refractivity contribution in [1.29, 1.82) is 0 Å². The van der Waals surface area contributed by atoms with Crippen molar-refractivity contribution in [3.63, 3.8) is 0 Å². The number of carbonyl (C=O) groups is 1. The van der Waals surface area contributed by atoms with Gasteiger partial charge in [0.15, 0.2) is 0 Å². The molecule has 1 rings (SSSR count). The third kappa shape index (κ3) is 3.44. The molecule has 15 heavy (non-hydrogen) atoms.